The van der Waals surface area contributed by atoms with E-state index in [4.69, 9.17) is 16.7 Å². The number of aliphatic carboxylic acids is 1. The number of hydrogen-bond donors (Lipinski definition) is 1. The Morgan fingerprint density at radius 2 is 2.20 bits per heavy atom. The standard InChI is InChI=1S/C16H17ClO3/c1-2-3-12(18)6-4-11-8-10-5-7-13(16(19)20)14(10)9-15(11)17/h4,6,8-9,13H,2-3,5,7H2,1H3,(H,19,20)/b6-4+. The molecule has 4 heteroatoms. The Labute approximate surface area is 123 Å². The molecule has 0 aliphatic heterocycles. The maximum absolute atomic E-state index is 11.5. The minimum atomic E-state index is -0.804. The van der Waals surface area contributed by atoms with Crippen molar-refractivity contribution in [3.8, 4) is 0 Å². The van der Waals surface area contributed by atoms with Crippen molar-refractivity contribution in [3.05, 3.63) is 39.9 Å². The first-order valence-corrected chi connectivity index (χ1v) is 7.16. The van der Waals surface area contributed by atoms with Gasteiger partial charge in [0, 0.05) is 11.4 Å². The van der Waals surface area contributed by atoms with E-state index >= 15 is 0 Å². The Kier molecular flexibility index (Phi) is 4.61. The third-order valence-corrected chi connectivity index (χ3v) is 3.91. The topological polar surface area (TPSA) is 54.4 Å². The average molecular weight is 293 g/mol. The maximum atomic E-state index is 11.5. The molecule has 1 aromatic rings. The fourth-order valence-corrected chi connectivity index (χ4v) is 2.78. The summed E-state index contributed by atoms with van der Waals surface area (Å²) < 4.78 is 0. The molecule has 1 aliphatic carbocycles. The van der Waals surface area contributed by atoms with E-state index in [9.17, 15) is 9.59 Å². The first kappa shape index (κ1) is 14.8. The van der Waals surface area contributed by atoms with Gasteiger partial charge < -0.3 is 5.11 Å². The van der Waals surface area contributed by atoms with Crippen LogP contribution in [-0.4, -0.2) is 16.9 Å². The fourth-order valence-electron chi connectivity index (χ4n) is 2.55. The molecule has 1 N–H and O–H groups in total. The Morgan fingerprint density at radius 1 is 1.45 bits per heavy atom. The van der Waals surface area contributed by atoms with Crippen LogP contribution in [0.5, 0.6) is 0 Å². The number of fused-ring (bicyclic) bond motifs is 1. The quantitative estimate of drug-likeness (QED) is 0.839. The van der Waals surface area contributed by atoms with Gasteiger partial charge >= 0.3 is 5.97 Å². The lowest BCUT2D eigenvalue weighted by Gasteiger charge is -2.08. The summed E-state index contributed by atoms with van der Waals surface area (Å²) in [5, 5.41) is 9.65. The number of benzene rings is 1. The van der Waals surface area contributed by atoms with Gasteiger partial charge in [-0.25, -0.2) is 0 Å². The van der Waals surface area contributed by atoms with E-state index in [1.807, 2.05) is 13.0 Å². The van der Waals surface area contributed by atoms with Crippen LogP contribution in [0.2, 0.25) is 5.02 Å². The number of carboxylic acid groups (broad SMARTS) is 1. The van der Waals surface area contributed by atoms with E-state index in [2.05, 4.69) is 0 Å². The van der Waals surface area contributed by atoms with Gasteiger partial charge in [0.15, 0.2) is 5.78 Å². The third kappa shape index (κ3) is 3.10. The minimum absolute atomic E-state index is 0.0764. The molecule has 20 heavy (non-hydrogen) atoms. The molecule has 0 radical (unpaired) electrons. The molecule has 0 fully saturated rings. The second-order valence-electron chi connectivity index (χ2n) is 5.05. The summed E-state index contributed by atoms with van der Waals surface area (Å²) in [7, 11) is 0. The molecule has 0 bridgehead atoms. The van der Waals surface area contributed by atoms with Crippen molar-refractivity contribution in [2.45, 2.75) is 38.5 Å². The highest BCUT2D eigenvalue weighted by Crippen LogP contribution is 2.36. The average Bonchev–Trinajstić information content (AvgIpc) is 2.79. The van der Waals surface area contributed by atoms with Crippen molar-refractivity contribution in [2.24, 2.45) is 0 Å². The molecule has 0 saturated heterocycles. The molecular weight excluding hydrogens is 276 g/mol. The summed E-state index contributed by atoms with van der Waals surface area (Å²) >= 11 is 6.18. The van der Waals surface area contributed by atoms with Crippen molar-refractivity contribution < 1.29 is 14.7 Å². The van der Waals surface area contributed by atoms with Crippen LogP contribution in [0.3, 0.4) is 0 Å². The molecule has 1 aliphatic rings. The molecule has 106 valence electrons. The second-order valence-corrected chi connectivity index (χ2v) is 5.46. The normalized spacial score (nSPS) is 17.4. The summed E-state index contributed by atoms with van der Waals surface area (Å²) in [5.41, 5.74) is 2.60. The lowest BCUT2D eigenvalue weighted by Crippen LogP contribution is -2.07. The number of hydrogen-bond acceptors (Lipinski definition) is 2. The number of carbonyl (C=O) groups excluding carboxylic acids is 1. The van der Waals surface area contributed by atoms with Crippen molar-refractivity contribution in [2.75, 3.05) is 0 Å². The van der Waals surface area contributed by atoms with Crippen LogP contribution < -0.4 is 0 Å². The van der Waals surface area contributed by atoms with E-state index in [-0.39, 0.29) is 5.78 Å². The van der Waals surface area contributed by atoms with Crippen molar-refractivity contribution >= 4 is 29.4 Å². The van der Waals surface area contributed by atoms with E-state index in [0.717, 1.165) is 29.5 Å². The summed E-state index contributed by atoms with van der Waals surface area (Å²) in [6.07, 6.45) is 5.97. The molecule has 2 rings (SSSR count). The highest BCUT2D eigenvalue weighted by Gasteiger charge is 2.29. The van der Waals surface area contributed by atoms with E-state index in [1.165, 1.54) is 0 Å². The first-order chi connectivity index (χ1) is 9.52. The summed E-state index contributed by atoms with van der Waals surface area (Å²) in [5.74, 6) is -1.18. The number of rotatable bonds is 5. The second kappa shape index (κ2) is 6.23. The number of aryl methyl sites for hydroxylation is 1. The van der Waals surface area contributed by atoms with Gasteiger partial charge in [0.2, 0.25) is 0 Å². The van der Waals surface area contributed by atoms with E-state index < -0.39 is 11.9 Å². The van der Waals surface area contributed by atoms with Crippen LogP contribution in [-0.2, 0) is 16.0 Å². The molecular formula is C16H17ClO3. The zero-order chi connectivity index (χ0) is 14.7. The highest BCUT2D eigenvalue weighted by atomic mass is 35.5. The Bertz CT molecular complexity index is 575. The molecule has 0 spiro atoms. The molecule has 1 atom stereocenters. The Hall–Kier alpha value is -1.61. The smallest absolute Gasteiger partial charge is 0.310 e. The molecule has 1 unspecified atom stereocenters. The third-order valence-electron chi connectivity index (χ3n) is 3.58. The van der Waals surface area contributed by atoms with Crippen LogP contribution in [0.25, 0.3) is 6.08 Å². The van der Waals surface area contributed by atoms with Gasteiger partial charge in [-0.05, 0) is 60.2 Å². The van der Waals surface area contributed by atoms with Gasteiger partial charge in [0.1, 0.15) is 0 Å². The van der Waals surface area contributed by atoms with Crippen LogP contribution >= 0.6 is 11.6 Å². The minimum Gasteiger partial charge on any atom is -0.481 e. The molecule has 0 heterocycles. The van der Waals surface area contributed by atoms with E-state index in [1.54, 1.807) is 18.2 Å². The predicted octanol–water partition coefficient (Wildman–Crippen LogP) is 3.84. The summed E-state index contributed by atoms with van der Waals surface area (Å²) in [6.45, 7) is 1.96. The molecule has 1 aromatic carbocycles. The van der Waals surface area contributed by atoms with Crippen LogP contribution in [0, 0.1) is 0 Å². The fraction of sp³-hybridized carbons (Fsp3) is 0.375. The lowest BCUT2D eigenvalue weighted by molar-refractivity contribution is -0.138. The molecule has 3 nitrogen and oxygen atoms in total. The highest BCUT2D eigenvalue weighted by molar-refractivity contribution is 6.32. The van der Waals surface area contributed by atoms with Crippen LogP contribution in [0.1, 0.15) is 48.8 Å². The predicted molar refractivity (Wildman–Crippen MR) is 79.1 cm³/mol. The van der Waals surface area contributed by atoms with Gasteiger partial charge in [-0.1, -0.05) is 18.5 Å². The van der Waals surface area contributed by atoms with Crippen LogP contribution in [0.4, 0.5) is 0 Å². The number of carbonyl (C=O) groups is 2. The van der Waals surface area contributed by atoms with Gasteiger partial charge in [-0.2, -0.15) is 0 Å². The van der Waals surface area contributed by atoms with Gasteiger partial charge in [0.25, 0.3) is 0 Å². The monoisotopic (exact) mass is 292 g/mol. The summed E-state index contributed by atoms with van der Waals surface area (Å²) in [6, 6.07) is 3.63. The zero-order valence-electron chi connectivity index (χ0n) is 11.4. The maximum Gasteiger partial charge on any atom is 0.310 e. The van der Waals surface area contributed by atoms with Crippen molar-refractivity contribution in [1.29, 1.82) is 0 Å². The molecule has 0 amide bonds. The van der Waals surface area contributed by atoms with Gasteiger partial charge in [0.05, 0.1) is 5.92 Å². The summed E-state index contributed by atoms with van der Waals surface area (Å²) in [4.78, 5) is 22.6. The number of ketones is 1. The molecule has 0 saturated carbocycles. The number of halogens is 1. The van der Waals surface area contributed by atoms with Gasteiger partial charge in [-0.3, -0.25) is 9.59 Å². The first-order valence-electron chi connectivity index (χ1n) is 6.79. The number of allylic oxidation sites excluding steroid dienone is 1. The Morgan fingerprint density at radius 3 is 2.85 bits per heavy atom. The SMILES string of the molecule is CCCC(=O)/C=C/c1cc2c(cc1Cl)C(C(=O)O)CC2. The van der Waals surface area contributed by atoms with Gasteiger partial charge in [-0.15, -0.1) is 0 Å². The Balaban J connectivity index is 2.26. The van der Waals surface area contributed by atoms with E-state index in [0.29, 0.717) is 17.9 Å². The largest absolute Gasteiger partial charge is 0.481 e. The van der Waals surface area contributed by atoms with Crippen molar-refractivity contribution in [3.63, 3.8) is 0 Å². The zero-order valence-corrected chi connectivity index (χ0v) is 12.1. The molecule has 0 aromatic heterocycles. The number of carboxylic acids is 1. The van der Waals surface area contributed by atoms with Crippen LogP contribution in [0.15, 0.2) is 18.2 Å². The lowest BCUT2D eigenvalue weighted by atomic mass is 9.99. The van der Waals surface area contributed by atoms with Crippen molar-refractivity contribution in [1.82, 2.24) is 0 Å².